The van der Waals surface area contributed by atoms with Gasteiger partial charge in [0.1, 0.15) is 5.82 Å². The van der Waals surface area contributed by atoms with Crippen LogP contribution in [0.5, 0.6) is 0 Å². The Morgan fingerprint density at radius 2 is 2.10 bits per heavy atom. The van der Waals surface area contributed by atoms with E-state index in [4.69, 9.17) is 10.5 Å². The van der Waals surface area contributed by atoms with E-state index in [0.717, 1.165) is 75.9 Å². The lowest BCUT2D eigenvalue weighted by molar-refractivity contribution is 0.0378. The topological polar surface area (TPSA) is 68.3 Å². The fourth-order valence-corrected chi connectivity index (χ4v) is 2.56. The van der Waals surface area contributed by atoms with Crippen molar-refractivity contribution in [2.24, 2.45) is 7.05 Å². The molecule has 0 spiro atoms. The maximum absolute atomic E-state index is 6.14. The lowest BCUT2D eigenvalue weighted by Gasteiger charge is -2.26. The molecule has 20 heavy (non-hydrogen) atoms. The van der Waals surface area contributed by atoms with Gasteiger partial charge in [-0.3, -0.25) is 9.58 Å². The summed E-state index contributed by atoms with van der Waals surface area (Å²) in [7, 11) is 1.94. The van der Waals surface area contributed by atoms with Crippen LogP contribution in [0.3, 0.4) is 0 Å². The van der Waals surface area contributed by atoms with Crippen LogP contribution in [0.25, 0.3) is 0 Å². The predicted molar refractivity (Wildman–Crippen MR) is 82.0 cm³/mol. The van der Waals surface area contributed by atoms with E-state index in [0.29, 0.717) is 0 Å². The summed E-state index contributed by atoms with van der Waals surface area (Å²) >= 11 is 0. The van der Waals surface area contributed by atoms with Gasteiger partial charge in [0, 0.05) is 26.7 Å². The molecule has 0 radical (unpaired) electrons. The molecule has 2 heterocycles. The lowest BCUT2D eigenvalue weighted by atomic mass is 10.2. The number of hydrogen-bond donors (Lipinski definition) is 2. The zero-order valence-corrected chi connectivity index (χ0v) is 12.7. The van der Waals surface area contributed by atoms with E-state index in [1.165, 1.54) is 0 Å². The van der Waals surface area contributed by atoms with Gasteiger partial charge in [-0.15, -0.1) is 0 Å². The number of hydrogen-bond acceptors (Lipinski definition) is 5. The molecule has 1 aliphatic rings. The Morgan fingerprint density at radius 3 is 2.80 bits per heavy atom. The molecular formula is C14H27N5O. The molecule has 1 aromatic heterocycles. The third kappa shape index (κ3) is 3.86. The van der Waals surface area contributed by atoms with Crippen LogP contribution < -0.4 is 11.1 Å². The first-order valence-electron chi connectivity index (χ1n) is 7.57. The lowest BCUT2D eigenvalue weighted by Crippen LogP contribution is -2.37. The zero-order valence-electron chi connectivity index (χ0n) is 12.7. The average molecular weight is 281 g/mol. The van der Waals surface area contributed by atoms with Crippen molar-refractivity contribution in [1.29, 1.82) is 0 Å². The summed E-state index contributed by atoms with van der Waals surface area (Å²) in [4.78, 5) is 2.44. The molecule has 3 N–H and O–H groups in total. The monoisotopic (exact) mass is 281 g/mol. The van der Waals surface area contributed by atoms with Gasteiger partial charge < -0.3 is 15.8 Å². The Morgan fingerprint density at radius 1 is 1.35 bits per heavy atom. The van der Waals surface area contributed by atoms with Crippen LogP contribution in [0.2, 0.25) is 0 Å². The number of rotatable bonds is 7. The van der Waals surface area contributed by atoms with Crippen molar-refractivity contribution in [1.82, 2.24) is 14.7 Å². The van der Waals surface area contributed by atoms with E-state index in [9.17, 15) is 0 Å². The van der Waals surface area contributed by atoms with Gasteiger partial charge in [0.25, 0.3) is 0 Å². The van der Waals surface area contributed by atoms with E-state index < -0.39 is 0 Å². The molecule has 1 fully saturated rings. The molecule has 1 aromatic rings. The molecule has 0 saturated carbocycles. The molecule has 114 valence electrons. The van der Waals surface area contributed by atoms with E-state index in [2.05, 4.69) is 22.2 Å². The third-order valence-electron chi connectivity index (χ3n) is 3.69. The highest BCUT2D eigenvalue weighted by atomic mass is 16.5. The first kappa shape index (κ1) is 15.1. The Hall–Kier alpha value is -1.27. The fourth-order valence-electron chi connectivity index (χ4n) is 2.56. The maximum atomic E-state index is 6.14. The number of ether oxygens (including phenoxy) is 1. The molecule has 6 nitrogen and oxygen atoms in total. The third-order valence-corrected chi connectivity index (χ3v) is 3.69. The molecule has 0 unspecified atom stereocenters. The SMILES string of the molecule is CCCc1nn(C)c(NCCCN2CCOCC2)c1N. The van der Waals surface area contributed by atoms with Crippen LogP contribution >= 0.6 is 0 Å². The standard InChI is InChI=1S/C14H27N5O/c1-3-5-12-13(15)14(18(2)17-12)16-6-4-7-19-8-10-20-11-9-19/h16H,3-11,15H2,1-2H3. The van der Waals surface area contributed by atoms with Crippen molar-refractivity contribution in [2.45, 2.75) is 26.2 Å². The Kier molecular flexibility index (Phi) is 5.67. The average Bonchev–Trinajstić information content (AvgIpc) is 2.72. The van der Waals surface area contributed by atoms with Crippen molar-refractivity contribution in [3.05, 3.63) is 5.69 Å². The Labute approximate surface area is 121 Å². The van der Waals surface area contributed by atoms with E-state index in [1.54, 1.807) is 0 Å². The minimum absolute atomic E-state index is 0.806. The summed E-state index contributed by atoms with van der Waals surface area (Å²) in [6, 6.07) is 0. The number of anilines is 2. The number of nitrogen functional groups attached to an aromatic ring is 1. The van der Waals surface area contributed by atoms with Gasteiger partial charge in [0.05, 0.1) is 24.6 Å². The quantitative estimate of drug-likeness (QED) is 0.732. The van der Waals surface area contributed by atoms with Crippen molar-refractivity contribution in [2.75, 3.05) is 50.4 Å². The summed E-state index contributed by atoms with van der Waals surface area (Å²) in [6.45, 7) is 8.00. The maximum Gasteiger partial charge on any atom is 0.147 e. The number of morpholine rings is 1. The highest BCUT2D eigenvalue weighted by molar-refractivity contribution is 5.64. The highest BCUT2D eigenvalue weighted by Gasteiger charge is 2.13. The van der Waals surface area contributed by atoms with Gasteiger partial charge in [-0.05, 0) is 19.4 Å². The van der Waals surface area contributed by atoms with E-state index >= 15 is 0 Å². The second-order valence-corrected chi connectivity index (χ2v) is 5.32. The van der Waals surface area contributed by atoms with Crippen LogP contribution in [0, 0.1) is 0 Å². The van der Waals surface area contributed by atoms with Crippen LogP contribution in [0.15, 0.2) is 0 Å². The van der Waals surface area contributed by atoms with Gasteiger partial charge in [-0.1, -0.05) is 13.3 Å². The first-order chi connectivity index (χ1) is 9.72. The molecule has 0 atom stereocenters. The second kappa shape index (κ2) is 7.50. The summed E-state index contributed by atoms with van der Waals surface area (Å²) in [5.41, 5.74) is 7.95. The van der Waals surface area contributed by atoms with Crippen molar-refractivity contribution in [3.63, 3.8) is 0 Å². The van der Waals surface area contributed by atoms with Crippen LogP contribution in [-0.4, -0.2) is 54.1 Å². The summed E-state index contributed by atoms with van der Waals surface area (Å²) in [6.07, 6.45) is 3.11. The first-order valence-corrected chi connectivity index (χ1v) is 7.57. The number of nitrogens with two attached hydrogens (primary N) is 1. The van der Waals surface area contributed by atoms with Gasteiger partial charge in [-0.25, -0.2) is 0 Å². The largest absolute Gasteiger partial charge is 0.394 e. The van der Waals surface area contributed by atoms with Crippen molar-refractivity contribution >= 4 is 11.5 Å². The van der Waals surface area contributed by atoms with E-state index in [-0.39, 0.29) is 0 Å². The minimum Gasteiger partial charge on any atom is -0.394 e. The van der Waals surface area contributed by atoms with Crippen LogP contribution in [0.4, 0.5) is 11.5 Å². The molecular weight excluding hydrogens is 254 g/mol. The van der Waals surface area contributed by atoms with Crippen LogP contribution in [-0.2, 0) is 18.2 Å². The van der Waals surface area contributed by atoms with Crippen molar-refractivity contribution < 1.29 is 4.74 Å². The Balaban J connectivity index is 1.76. The number of aryl methyl sites for hydroxylation is 2. The van der Waals surface area contributed by atoms with Crippen molar-refractivity contribution in [3.8, 4) is 0 Å². The molecule has 6 heteroatoms. The summed E-state index contributed by atoms with van der Waals surface area (Å²) < 4.78 is 7.20. The molecule has 0 bridgehead atoms. The molecule has 2 rings (SSSR count). The molecule has 0 aliphatic carbocycles. The van der Waals surface area contributed by atoms with Gasteiger partial charge in [0.15, 0.2) is 0 Å². The number of aromatic nitrogens is 2. The summed E-state index contributed by atoms with van der Waals surface area (Å²) in [5.74, 6) is 0.954. The highest BCUT2D eigenvalue weighted by Crippen LogP contribution is 2.22. The number of nitrogens with zero attached hydrogens (tertiary/aromatic N) is 3. The fraction of sp³-hybridized carbons (Fsp3) is 0.786. The van der Waals surface area contributed by atoms with E-state index in [1.807, 2.05) is 11.7 Å². The molecule has 0 amide bonds. The normalized spacial score (nSPS) is 16.5. The smallest absolute Gasteiger partial charge is 0.147 e. The van der Waals surface area contributed by atoms with Gasteiger partial charge in [-0.2, -0.15) is 5.10 Å². The molecule has 1 saturated heterocycles. The van der Waals surface area contributed by atoms with Gasteiger partial charge >= 0.3 is 0 Å². The second-order valence-electron chi connectivity index (χ2n) is 5.32. The summed E-state index contributed by atoms with van der Waals surface area (Å²) in [5, 5.41) is 7.89. The molecule has 0 aromatic carbocycles. The van der Waals surface area contributed by atoms with Crippen LogP contribution in [0.1, 0.15) is 25.5 Å². The zero-order chi connectivity index (χ0) is 14.4. The Bertz CT molecular complexity index is 412. The number of nitrogens with one attached hydrogen (secondary N) is 1. The molecule has 1 aliphatic heterocycles. The minimum atomic E-state index is 0.806. The predicted octanol–water partition coefficient (Wildman–Crippen LogP) is 1.09. The van der Waals surface area contributed by atoms with Gasteiger partial charge in [0.2, 0.25) is 0 Å².